The van der Waals surface area contributed by atoms with Gasteiger partial charge in [-0.2, -0.15) is 0 Å². The van der Waals surface area contributed by atoms with Gasteiger partial charge < -0.3 is 5.32 Å². The summed E-state index contributed by atoms with van der Waals surface area (Å²) < 4.78 is 0. The summed E-state index contributed by atoms with van der Waals surface area (Å²) in [5.41, 5.74) is 1.06. The van der Waals surface area contributed by atoms with Gasteiger partial charge in [0, 0.05) is 31.6 Å². The Morgan fingerprint density at radius 1 is 1.25 bits per heavy atom. The van der Waals surface area contributed by atoms with Crippen molar-refractivity contribution in [3.05, 3.63) is 0 Å². The molecule has 0 radical (unpaired) electrons. The van der Waals surface area contributed by atoms with Crippen LogP contribution in [0.3, 0.4) is 0 Å². The van der Waals surface area contributed by atoms with Crippen LogP contribution in [0, 0.1) is 17.8 Å². The van der Waals surface area contributed by atoms with Gasteiger partial charge in [-0.25, -0.2) is 0 Å². The van der Waals surface area contributed by atoms with E-state index in [9.17, 15) is 4.79 Å². The summed E-state index contributed by atoms with van der Waals surface area (Å²) in [4.78, 5) is 15.9. The fourth-order valence-corrected chi connectivity index (χ4v) is 1.62. The van der Waals surface area contributed by atoms with Crippen molar-refractivity contribution in [1.82, 2.24) is 5.32 Å². The van der Waals surface area contributed by atoms with Crippen LogP contribution in [0.25, 0.3) is 0 Å². The van der Waals surface area contributed by atoms with Gasteiger partial charge in [-0.05, 0) is 18.8 Å². The van der Waals surface area contributed by atoms with Crippen LogP contribution in [0.15, 0.2) is 4.99 Å². The third-order valence-electron chi connectivity index (χ3n) is 2.81. The molecule has 0 saturated carbocycles. The molecule has 0 spiro atoms. The molecule has 0 aromatic rings. The predicted octanol–water partition coefficient (Wildman–Crippen LogP) is 2.51. The zero-order valence-electron chi connectivity index (χ0n) is 11.5. The smallest absolute Gasteiger partial charge is 0.220 e. The number of rotatable bonds is 6. The van der Waals surface area contributed by atoms with Crippen LogP contribution in [0.1, 0.15) is 41.0 Å². The van der Waals surface area contributed by atoms with E-state index in [4.69, 9.17) is 0 Å². The van der Waals surface area contributed by atoms with Crippen molar-refractivity contribution in [3.63, 3.8) is 0 Å². The standard InChI is InChI=1S/C13H26N2O/c1-9(2)8-15-13(16)7-12(10(3)4)11(5)14-6/h9-10,12H,7-8H2,1-6H3,(H,15,16). The van der Waals surface area contributed by atoms with E-state index in [2.05, 4.69) is 38.0 Å². The summed E-state index contributed by atoms with van der Waals surface area (Å²) in [5, 5.41) is 2.95. The normalized spacial score (nSPS) is 14.4. The Bertz CT molecular complexity index is 244. The van der Waals surface area contributed by atoms with Crippen molar-refractivity contribution < 1.29 is 4.79 Å². The number of aliphatic imine (C=N–C) groups is 1. The first kappa shape index (κ1) is 15.1. The molecule has 0 saturated heterocycles. The quantitative estimate of drug-likeness (QED) is 0.695. The maximum atomic E-state index is 11.7. The number of hydrogen-bond acceptors (Lipinski definition) is 2. The number of nitrogens with one attached hydrogen (secondary N) is 1. The Kier molecular flexibility index (Phi) is 7.02. The summed E-state index contributed by atoms with van der Waals surface area (Å²) in [6, 6.07) is 0. The Morgan fingerprint density at radius 2 is 1.81 bits per heavy atom. The lowest BCUT2D eigenvalue weighted by atomic mass is 9.88. The van der Waals surface area contributed by atoms with Crippen LogP contribution in [-0.4, -0.2) is 25.2 Å². The second-order valence-electron chi connectivity index (χ2n) is 5.12. The molecule has 16 heavy (non-hydrogen) atoms. The second-order valence-corrected chi connectivity index (χ2v) is 5.12. The summed E-state index contributed by atoms with van der Waals surface area (Å²) in [6.45, 7) is 11.2. The minimum Gasteiger partial charge on any atom is -0.356 e. The zero-order chi connectivity index (χ0) is 12.7. The minimum atomic E-state index is 0.135. The molecule has 0 aromatic carbocycles. The molecule has 1 unspecified atom stereocenters. The van der Waals surface area contributed by atoms with E-state index in [-0.39, 0.29) is 11.8 Å². The zero-order valence-corrected chi connectivity index (χ0v) is 11.5. The molecule has 0 bridgehead atoms. The molecule has 0 rings (SSSR count). The molecular formula is C13H26N2O. The summed E-state index contributed by atoms with van der Waals surface area (Å²) in [6.07, 6.45) is 0.549. The van der Waals surface area contributed by atoms with Gasteiger partial charge >= 0.3 is 0 Å². The molecule has 94 valence electrons. The van der Waals surface area contributed by atoms with E-state index in [1.165, 1.54) is 0 Å². The van der Waals surface area contributed by atoms with E-state index in [0.717, 1.165) is 12.3 Å². The van der Waals surface area contributed by atoms with Gasteiger partial charge in [-0.15, -0.1) is 0 Å². The summed E-state index contributed by atoms with van der Waals surface area (Å²) >= 11 is 0. The van der Waals surface area contributed by atoms with E-state index in [1.54, 1.807) is 7.05 Å². The van der Waals surface area contributed by atoms with E-state index < -0.39 is 0 Å². The first-order valence-electron chi connectivity index (χ1n) is 6.08. The lowest BCUT2D eigenvalue weighted by molar-refractivity contribution is -0.122. The molecule has 0 aliphatic rings. The molecule has 1 N–H and O–H groups in total. The van der Waals surface area contributed by atoms with Crippen molar-refractivity contribution in [1.29, 1.82) is 0 Å². The molecule has 3 heteroatoms. The molecule has 0 heterocycles. The largest absolute Gasteiger partial charge is 0.356 e. The van der Waals surface area contributed by atoms with E-state index in [1.807, 2.05) is 6.92 Å². The SMILES string of the molecule is CN=C(C)C(CC(=O)NCC(C)C)C(C)C. The van der Waals surface area contributed by atoms with Crippen molar-refractivity contribution in [2.24, 2.45) is 22.7 Å². The van der Waals surface area contributed by atoms with Crippen molar-refractivity contribution in [2.45, 2.75) is 41.0 Å². The minimum absolute atomic E-state index is 0.135. The number of nitrogens with zero attached hydrogens (tertiary/aromatic N) is 1. The maximum Gasteiger partial charge on any atom is 0.220 e. The van der Waals surface area contributed by atoms with Crippen LogP contribution in [0.5, 0.6) is 0 Å². The molecule has 0 aliphatic heterocycles. The Labute approximate surface area is 99.7 Å². The van der Waals surface area contributed by atoms with Gasteiger partial charge in [0.2, 0.25) is 5.91 Å². The topological polar surface area (TPSA) is 41.5 Å². The predicted molar refractivity (Wildman–Crippen MR) is 69.8 cm³/mol. The lowest BCUT2D eigenvalue weighted by Crippen LogP contribution is -2.32. The van der Waals surface area contributed by atoms with E-state index in [0.29, 0.717) is 18.3 Å². The van der Waals surface area contributed by atoms with Gasteiger partial charge in [0.25, 0.3) is 0 Å². The highest BCUT2D eigenvalue weighted by Gasteiger charge is 2.19. The fourth-order valence-electron chi connectivity index (χ4n) is 1.62. The van der Waals surface area contributed by atoms with Gasteiger partial charge in [-0.3, -0.25) is 9.79 Å². The third kappa shape index (κ3) is 5.89. The Morgan fingerprint density at radius 3 is 2.19 bits per heavy atom. The molecule has 0 fully saturated rings. The maximum absolute atomic E-state index is 11.7. The van der Waals surface area contributed by atoms with Crippen LogP contribution in [0.4, 0.5) is 0 Å². The van der Waals surface area contributed by atoms with Crippen LogP contribution in [0.2, 0.25) is 0 Å². The van der Waals surface area contributed by atoms with Crippen LogP contribution >= 0.6 is 0 Å². The van der Waals surface area contributed by atoms with Gasteiger partial charge in [-0.1, -0.05) is 27.7 Å². The number of carbonyl (C=O) groups excluding carboxylic acids is 1. The highest BCUT2D eigenvalue weighted by molar-refractivity contribution is 5.89. The van der Waals surface area contributed by atoms with Crippen LogP contribution in [-0.2, 0) is 4.79 Å². The molecule has 1 atom stereocenters. The average Bonchev–Trinajstić information content (AvgIpc) is 2.21. The first-order chi connectivity index (χ1) is 7.38. The fraction of sp³-hybridized carbons (Fsp3) is 0.846. The van der Waals surface area contributed by atoms with Gasteiger partial charge in [0.1, 0.15) is 0 Å². The van der Waals surface area contributed by atoms with Crippen LogP contribution < -0.4 is 5.32 Å². The van der Waals surface area contributed by atoms with Gasteiger partial charge in [0.15, 0.2) is 0 Å². The molecule has 0 aliphatic carbocycles. The lowest BCUT2D eigenvalue weighted by Gasteiger charge is -2.20. The molecule has 3 nitrogen and oxygen atoms in total. The van der Waals surface area contributed by atoms with Crippen molar-refractivity contribution in [3.8, 4) is 0 Å². The van der Waals surface area contributed by atoms with Crippen molar-refractivity contribution in [2.75, 3.05) is 13.6 Å². The summed E-state index contributed by atoms with van der Waals surface area (Å²) in [5.74, 6) is 1.35. The highest BCUT2D eigenvalue weighted by Crippen LogP contribution is 2.17. The Balaban J connectivity index is 4.25. The van der Waals surface area contributed by atoms with Crippen molar-refractivity contribution >= 4 is 11.6 Å². The third-order valence-corrected chi connectivity index (χ3v) is 2.81. The summed E-state index contributed by atoms with van der Waals surface area (Å²) in [7, 11) is 1.79. The number of hydrogen-bond donors (Lipinski definition) is 1. The molecule has 0 aromatic heterocycles. The number of amides is 1. The molecular weight excluding hydrogens is 200 g/mol. The molecule has 1 amide bonds. The van der Waals surface area contributed by atoms with Gasteiger partial charge in [0.05, 0.1) is 0 Å². The average molecular weight is 226 g/mol. The number of carbonyl (C=O) groups is 1. The second kappa shape index (κ2) is 7.42. The Hall–Kier alpha value is -0.860. The first-order valence-corrected chi connectivity index (χ1v) is 6.08. The monoisotopic (exact) mass is 226 g/mol. The highest BCUT2D eigenvalue weighted by atomic mass is 16.1. The van der Waals surface area contributed by atoms with E-state index >= 15 is 0 Å².